The van der Waals surface area contributed by atoms with Crippen LogP contribution in [0.4, 0.5) is 11.4 Å². The largest absolute Gasteiger partial charge is 0.489 e. The Morgan fingerprint density at radius 1 is 0.303 bits per heavy atom. The standard InChI is InChI=1S/C23H14Cl2N2.2C23H13ClN2.C17H10Cl2O.C12H10OP.C10H7BCl2O2.C7H5BrO.C6H8N2/c24-15-10-12-16-14(13-15)9-11-18(22(16)25)17-5-1-2-6-19(17)23-26-20-7-3-4-8-21(20)27-23;2*24-15-10-12-16-14(13-15)9-11-18-17-5-1-2-6-19(17)23-25-20-7-3-4-8-21(20)26(23)22(16)18;18-13-6-8-15-11(9-13)5-7-16(17(15)19)14-4-2-1-3-12(14)10-20;13-14(11-7-3-1-4-8-11)12-9-5-2-6-10-12;12-7-2-3-8-6(5-7)1-4-9(10(8)13)11(14)15;8-7-4-2-1-3-6(7)5-9;7-5-3-1-2-4-6(5)8/h1-13H,(H,26,27);2*1-13H;1-10H;1-10H;1-5,14-15H;1-5H;1-4H,7-8H2/q;;;;+1;;;. The minimum atomic E-state index is -1.56. The van der Waals surface area contributed by atoms with Crippen molar-refractivity contribution >= 4 is 305 Å². The summed E-state index contributed by atoms with van der Waals surface area (Å²) in [5, 5.41) is 42.5. The first-order valence-electron chi connectivity index (χ1n) is 45.7. The fourth-order valence-electron chi connectivity index (χ4n) is 17.8. The molecule has 0 bridgehead atoms. The number of imidazole rings is 3. The maximum Gasteiger partial charge on any atom is 0.489 e. The van der Waals surface area contributed by atoms with E-state index in [1.165, 1.54) is 54.1 Å². The molecule has 0 radical (unpaired) electrons. The molecular weight excluding hydrogens is 2050 g/mol. The second-order valence-electron chi connectivity index (χ2n) is 33.6. The van der Waals surface area contributed by atoms with Crippen LogP contribution in [-0.2, 0) is 4.57 Å². The zero-order chi connectivity index (χ0) is 100. The SMILES string of the molecule is Clc1ccc2c(Cl)c(-c3ccccc3-c3nc4ccccc4[nH]3)ccc2c1.Clc1ccc2c(ccc3c4ccccc4c4nc5ccccc5n4c23)c1.Clc1ccc2c(ccc3c4ccccc4c4nc5ccccc5n4c23)c1.Nc1ccccc1N.O=Cc1ccccc1-c1ccc2cc(Cl)ccc2c1Cl.O=Cc1ccccc1Br.O=[P+](c1ccccc1)c1ccccc1.OB(O)c1ccc2cc(Cl)ccc2c1Cl. The van der Waals surface area contributed by atoms with Crippen LogP contribution in [-0.4, -0.2) is 58.5 Å². The molecule has 5 aromatic heterocycles. The van der Waals surface area contributed by atoms with Crippen molar-refractivity contribution in [3.63, 3.8) is 0 Å². The number of carbonyl (C=O) groups is 2. The van der Waals surface area contributed by atoms with Gasteiger partial charge < -0.3 is 26.5 Å². The van der Waals surface area contributed by atoms with E-state index in [1.807, 2.05) is 237 Å². The Balaban J connectivity index is 0.000000108. The van der Waals surface area contributed by atoms with Gasteiger partial charge in [0.2, 0.25) is 0 Å². The molecule has 0 atom stereocenters. The summed E-state index contributed by atoms with van der Waals surface area (Å²) in [7, 11) is -2.98. The molecule has 0 aliphatic rings. The van der Waals surface area contributed by atoms with Crippen LogP contribution in [0.25, 0.3) is 175 Å². The van der Waals surface area contributed by atoms with Crippen LogP contribution in [0.3, 0.4) is 0 Å². The number of nitrogen functional groups attached to an aromatic ring is 2. The number of H-pyrrole nitrogens is 1. The van der Waals surface area contributed by atoms with Crippen LogP contribution in [0, 0.1) is 0 Å². The van der Waals surface area contributed by atoms with Crippen LogP contribution in [0.15, 0.2) is 435 Å². The van der Waals surface area contributed by atoms with E-state index in [9.17, 15) is 14.2 Å². The van der Waals surface area contributed by atoms with Crippen molar-refractivity contribution in [1.29, 1.82) is 0 Å². The first-order chi connectivity index (χ1) is 70.6. The van der Waals surface area contributed by atoms with E-state index >= 15 is 0 Å². The Morgan fingerprint density at radius 3 is 1.09 bits per heavy atom. The smallest absolute Gasteiger partial charge is 0.423 e. The van der Waals surface area contributed by atoms with Crippen molar-refractivity contribution in [2.45, 2.75) is 0 Å². The summed E-state index contributed by atoms with van der Waals surface area (Å²) in [4.78, 5) is 39.4. The predicted octanol–water partition coefficient (Wildman–Crippen LogP) is 33.6. The number of pyridine rings is 2. The van der Waals surface area contributed by atoms with Gasteiger partial charge in [-0.15, -0.1) is 0 Å². The molecule has 5 heterocycles. The molecule has 26 aromatic rings. The molecular formula is C121H80BBrCl8N8O5P+. The molecule has 24 heteroatoms. The maximum atomic E-state index is 12.0. The average molecular weight is 2130 g/mol. The highest BCUT2D eigenvalue weighted by Crippen LogP contribution is 2.44. The molecule has 0 amide bonds. The first-order valence-corrected chi connectivity index (χ1v) is 50.8. The topological polar surface area (TPSA) is 207 Å². The zero-order valence-electron chi connectivity index (χ0n) is 76.6. The number of anilines is 2. The van der Waals surface area contributed by atoms with Crippen LogP contribution in [0.1, 0.15) is 20.7 Å². The number of aromatic amines is 1. The summed E-state index contributed by atoms with van der Waals surface area (Å²) in [6, 6.07) is 140. The van der Waals surface area contributed by atoms with Gasteiger partial charge in [0.25, 0.3) is 0 Å². The summed E-state index contributed by atoms with van der Waals surface area (Å²) in [6.45, 7) is 0. The predicted molar refractivity (Wildman–Crippen MR) is 618 cm³/mol. The molecule has 26 rings (SSSR count). The number of hydrogen-bond acceptors (Lipinski definition) is 10. The van der Waals surface area contributed by atoms with Crippen molar-refractivity contribution in [1.82, 2.24) is 28.7 Å². The molecule has 21 aromatic carbocycles. The Hall–Kier alpha value is -14.8. The van der Waals surface area contributed by atoms with Crippen LogP contribution in [0.5, 0.6) is 0 Å². The van der Waals surface area contributed by atoms with Crippen molar-refractivity contribution in [2.75, 3.05) is 11.5 Å². The first kappa shape index (κ1) is 98.9. The number of carbonyl (C=O) groups excluding carboxylic acids is 2. The van der Waals surface area contributed by atoms with Gasteiger partial charge in [-0.05, 0) is 188 Å². The summed E-state index contributed by atoms with van der Waals surface area (Å²) >= 11 is 53.0. The minimum absolute atomic E-state index is 0.298. The van der Waals surface area contributed by atoms with Gasteiger partial charge in [0.15, 0.2) is 23.2 Å². The number of aromatic nitrogens is 6. The van der Waals surface area contributed by atoms with E-state index in [1.54, 1.807) is 54.6 Å². The fraction of sp³-hybridized carbons (Fsp3) is 0. The molecule has 0 fully saturated rings. The molecule has 0 aliphatic carbocycles. The Kier molecular flexibility index (Phi) is 30.4. The van der Waals surface area contributed by atoms with Crippen molar-refractivity contribution < 1.29 is 24.2 Å². The van der Waals surface area contributed by atoms with Gasteiger partial charge in [0.1, 0.15) is 17.1 Å². The number of hydrogen-bond donors (Lipinski definition) is 5. The van der Waals surface area contributed by atoms with Gasteiger partial charge >= 0.3 is 14.9 Å². The third-order valence-electron chi connectivity index (χ3n) is 24.7. The number of nitrogens with one attached hydrogen (secondary N) is 1. The lowest BCUT2D eigenvalue weighted by Gasteiger charge is -2.12. The van der Waals surface area contributed by atoms with Crippen LogP contribution >= 0.6 is 117 Å². The normalized spacial score (nSPS) is 11.0. The van der Waals surface area contributed by atoms with E-state index in [4.69, 9.17) is 129 Å². The summed E-state index contributed by atoms with van der Waals surface area (Å²) in [5.74, 6) is 0.832. The number of nitrogens with two attached hydrogens (primary N) is 2. The quantitative estimate of drug-likeness (QED) is 0.0320. The van der Waals surface area contributed by atoms with Crippen molar-refractivity contribution in [3.8, 4) is 33.6 Å². The number of rotatable bonds is 8. The van der Waals surface area contributed by atoms with Gasteiger partial charge in [-0.25, -0.2) is 15.0 Å². The number of fused-ring (bicyclic) bond motifs is 24. The molecule has 7 N–H and O–H groups in total. The van der Waals surface area contributed by atoms with E-state index in [0.29, 0.717) is 58.1 Å². The molecule has 145 heavy (non-hydrogen) atoms. The molecule has 0 unspecified atom stereocenters. The van der Waals surface area contributed by atoms with E-state index in [-0.39, 0.29) is 0 Å². The number of para-hydroxylation sites is 8. The highest BCUT2D eigenvalue weighted by molar-refractivity contribution is 9.10. The minimum Gasteiger partial charge on any atom is -0.423 e. The summed E-state index contributed by atoms with van der Waals surface area (Å²) < 4.78 is 17.4. The summed E-state index contributed by atoms with van der Waals surface area (Å²) in [6.07, 6.45) is 1.67. The Labute approximate surface area is 882 Å². The average Bonchev–Trinajstić information content (AvgIpc) is 1.60. The Morgan fingerprint density at radius 2 is 0.648 bits per heavy atom. The van der Waals surface area contributed by atoms with Gasteiger partial charge in [0.05, 0.1) is 65.6 Å². The third kappa shape index (κ3) is 21.2. The lowest BCUT2D eigenvalue weighted by Crippen LogP contribution is -2.30. The number of halogens is 9. The lowest BCUT2D eigenvalue weighted by atomic mass is 9.79. The maximum absolute atomic E-state index is 12.0. The van der Waals surface area contributed by atoms with Gasteiger partial charge in [-0.3, -0.25) is 18.4 Å². The molecule has 0 spiro atoms. The summed E-state index contributed by atoms with van der Waals surface area (Å²) in [5.41, 5.74) is 29.0. The molecule has 704 valence electrons. The number of nitrogens with zero attached hydrogens (tertiary/aromatic N) is 5. The molecule has 0 saturated carbocycles. The van der Waals surface area contributed by atoms with Gasteiger partial charge in [-0.2, -0.15) is 0 Å². The fourth-order valence-corrected chi connectivity index (χ4v) is 21.3. The van der Waals surface area contributed by atoms with E-state index in [2.05, 4.69) is 169 Å². The number of benzene rings is 21. The monoisotopic (exact) mass is 2130 g/mol. The van der Waals surface area contributed by atoms with Crippen molar-refractivity contribution in [3.05, 3.63) is 486 Å². The van der Waals surface area contributed by atoms with Crippen LogP contribution < -0.4 is 27.5 Å². The molecule has 0 saturated heterocycles. The van der Waals surface area contributed by atoms with Gasteiger partial charge in [-0.1, -0.05) is 404 Å². The molecule has 13 nitrogen and oxygen atoms in total. The highest BCUT2D eigenvalue weighted by Gasteiger charge is 2.25. The zero-order valence-corrected chi connectivity index (χ0v) is 85.1. The molecule has 0 aliphatic heterocycles. The number of aldehydes is 2. The Bertz CT molecular complexity index is 9150. The van der Waals surface area contributed by atoms with Gasteiger partial charge in [0, 0.05) is 116 Å². The second kappa shape index (κ2) is 44.6. The van der Waals surface area contributed by atoms with E-state index in [0.717, 1.165) is 159 Å². The van der Waals surface area contributed by atoms with Crippen molar-refractivity contribution in [2.24, 2.45) is 0 Å². The lowest BCUT2D eigenvalue weighted by molar-refractivity contribution is 0.111. The van der Waals surface area contributed by atoms with E-state index < -0.39 is 14.9 Å². The van der Waals surface area contributed by atoms with Crippen LogP contribution in [0.2, 0.25) is 40.2 Å². The second-order valence-corrected chi connectivity index (χ2v) is 39.4. The third-order valence-corrected chi connectivity index (χ3v) is 29.4. The highest BCUT2D eigenvalue weighted by atomic mass is 79.9.